The third-order valence-electron chi connectivity index (χ3n) is 5.36. The summed E-state index contributed by atoms with van der Waals surface area (Å²) in [5.74, 6) is 0. The maximum Gasteiger partial charge on any atom is 0.322 e. The number of H-pyrrole nitrogens is 1. The van der Waals surface area contributed by atoms with Gasteiger partial charge in [-0.3, -0.25) is 10.1 Å². The minimum atomic E-state index is -0.125. The molecule has 0 aliphatic carbocycles. The zero-order chi connectivity index (χ0) is 20.0. The molecule has 7 heteroatoms. The Morgan fingerprint density at radius 1 is 1.14 bits per heavy atom. The van der Waals surface area contributed by atoms with E-state index in [1.54, 1.807) is 11.1 Å². The number of anilines is 1. The first-order valence-corrected chi connectivity index (χ1v) is 9.54. The highest BCUT2D eigenvalue weighted by Crippen LogP contribution is 2.33. The van der Waals surface area contributed by atoms with Gasteiger partial charge in [-0.25, -0.2) is 9.78 Å². The molecular formula is C22H20N6O. The minimum Gasteiger partial charge on any atom is -0.312 e. The van der Waals surface area contributed by atoms with E-state index in [9.17, 15) is 4.79 Å². The summed E-state index contributed by atoms with van der Waals surface area (Å²) >= 11 is 0. The van der Waals surface area contributed by atoms with E-state index in [0.717, 1.165) is 44.9 Å². The van der Waals surface area contributed by atoms with Gasteiger partial charge in [0.05, 0.1) is 29.5 Å². The molecule has 4 heterocycles. The molecule has 0 radical (unpaired) electrons. The van der Waals surface area contributed by atoms with Gasteiger partial charge < -0.3 is 10.2 Å². The Kier molecular flexibility index (Phi) is 4.01. The molecule has 2 N–H and O–H groups in total. The number of fused-ring (bicyclic) bond motifs is 2. The van der Waals surface area contributed by atoms with E-state index in [1.807, 2.05) is 62.4 Å². The number of aromatic nitrogens is 4. The number of urea groups is 1. The SMILES string of the molecule is Cc1cc(-c2n[nH]c3cc4c(nc23)CN([C@H](C)c2ccccc2)C(=O)N4)ccn1. The number of nitrogens with one attached hydrogen (secondary N) is 2. The first-order valence-electron chi connectivity index (χ1n) is 9.54. The highest BCUT2D eigenvalue weighted by atomic mass is 16.2. The average Bonchev–Trinajstić information content (AvgIpc) is 3.14. The van der Waals surface area contributed by atoms with Crippen LogP contribution in [0.2, 0.25) is 0 Å². The van der Waals surface area contributed by atoms with Crippen LogP contribution in [0.4, 0.5) is 10.5 Å². The Labute approximate surface area is 167 Å². The fourth-order valence-electron chi connectivity index (χ4n) is 3.75. The first kappa shape index (κ1) is 17.4. The third-order valence-corrected chi connectivity index (χ3v) is 5.36. The van der Waals surface area contributed by atoms with E-state index < -0.39 is 0 Å². The van der Waals surface area contributed by atoms with E-state index in [1.165, 1.54) is 0 Å². The lowest BCUT2D eigenvalue weighted by atomic mass is 10.1. The second-order valence-electron chi connectivity index (χ2n) is 7.28. The van der Waals surface area contributed by atoms with Crippen molar-refractivity contribution in [3.8, 4) is 11.3 Å². The van der Waals surface area contributed by atoms with Crippen LogP contribution in [-0.2, 0) is 6.54 Å². The summed E-state index contributed by atoms with van der Waals surface area (Å²) in [5.41, 5.74) is 6.89. The Hall–Kier alpha value is -3.74. The quantitative estimate of drug-likeness (QED) is 0.547. The summed E-state index contributed by atoms with van der Waals surface area (Å²) in [6.45, 7) is 4.42. The van der Waals surface area contributed by atoms with Crippen molar-refractivity contribution in [2.45, 2.75) is 26.4 Å². The zero-order valence-electron chi connectivity index (χ0n) is 16.2. The molecule has 1 aromatic carbocycles. The molecule has 1 atom stereocenters. The lowest BCUT2D eigenvalue weighted by Gasteiger charge is -2.33. The molecule has 0 bridgehead atoms. The number of hydrogen-bond acceptors (Lipinski definition) is 4. The number of amides is 2. The van der Waals surface area contributed by atoms with Crippen molar-refractivity contribution in [1.29, 1.82) is 0 Å². The summed E-state index contributed by atoms with van der Waals surface area (Å²) in [4.78, 5) is 23.7. The van der Waals surface area contributed by atoms with Gasteiger partial charge in [-0.1, -0.05) is 30.3 Å². The number of nitrogens with zero attached hydrogens (tertiary/aromatic N) is 4. The van der Waals surface area contributed by atoms with E-state index in [4.69, 9.17) is 4.98 Å². The monoisotopic (exact) mass is 384 g/mol. The van der Waals surface area contributed by atoms with Gasteiger partial charge in [0.2, 0.25) is 0 Å². The molecule has 2 amide bonds. The van der Waals surface area contributed by atoms with Crippen molar-refractivity contribution in [2.24, 2.45) is 0 Å². The number of rotatable bonds is 3. The van der Waals surface area contributed by atoms with Crippen molar-refractivity contribution in [3.63, 3.8) is 0 Å². The number of benzene rings is 1. The van der Waals surface area contributed by atoms with Crippen molar-refractivity contribution >= 4 is 22.8 Å². The maximum atomic E-state index is 12.7. The molecule has 0 unspecified atom stereocenters. The Morgan fingerprint density at radius 2 is 1.97 bits per heavy atom. The van der Waals surface area contributed by atoms with Gasteiger partial charge in [-0.15, -0.1) is 0 Å². The largest absolute Gasteiger partial charge is 0.322 e. The maximum absolute atomic E-state index is 12.7. The van der Waals surface area contributed by atoms with Crippen LogP contribution in [0.15, 0.2) is 54.7 Å². The van der Waals surface area contributed by atoms with Gasteiger partial charge in [-0.05, 0) is 37.6 Å². The summed E-state index contributed by atoms with van der Waals surface area (Å²) in [6, 6.07) is 15.6. The van der Waals surface area contributed by atoms with Gasteiger partial charge in [-0.2, -0.15) is 5.10 Å². The van der Waals surface area contributed by atoms with E-state index in [0.29, 0.717) is 6.54 Å². The molecule has 7 nitrogen and oxygen atoms in total. The Balaban J connectivity index is 1.55. The minimum absolute atomic E-state index is 0.0616. The molecule has 1 aliphatic heterocycles. The predicted molar refractivity (Wildman–Crippen MR) is 111 cm³/mol. The van der Waals surface area contributed by atoms with Crippen LogP contribution in [0.25, 0.3) is 22.3 Å². The van der Waals surface area contributed by atoms with Crippen LogP contribution in [-0.4, -0.2) is 31.1 Å². The topological polar surface area (TPSA) is 86.8 Å². The second kappa shape index (κ2) is 6.70. The van der Waals surface area contributed by atoms with Gasteiger partial charge >= 0.3 is 6.03 Å². The average molecular weight is 384 g/mol. The second-order valence-corrected chi connectivity index (χ2v) is 7.28. The van der Waals surface area contributed by atoms with Gasteiger partial charge in [0, 0.05) is 17.5 Å². The van der Waals surface area contributed by atoms with Crippen LogP contribution in [0.1, 0.15) is 29.9 Å². The molecule has 0 fully saturated rings. The molecule has 3 aromatic heterocycles. The van der Waals surface area contributed by atoms with Crippen LogP contribution < -0.4 is 5.32 Å². The van der Waals surface area contributed by atoms with E-state index in [-0.39, 0.29) is 12.1 Å². The molecule has 0 saturated carbocycles. The zero-order valence-corrected chi connectivity index (χ0v) is 16.2. The van der Waals surface area contributed by atoms with E-state index >= 15 is 0 Å². The molecule has 0 saturated heterocycles. The third kappa shape index (κ3) is 3.00. The summed E-state index contributed by atoms with van der Waals surface area (Å²) in [7, 11) is 0. The Bertz CT molecular complexity index is 1220. The molecule has 0 spiro atoms. The molecule has 29 heavy (non-hydrogen) atoms. The molecule has 144 valence electrons. The van der Waals surface area contributed by atoms with E-state index in [2.05, 4.69) is 20.5 Å². The highest BCUT2D eigenvalue weighted by Gasteiger charge is 2.29. The van der Waals surface area contributed by atoms with Crippen LogP contribution in [0, 0.1) is 6.92 Å². The summed E-state index contributed by atoms with van der Waals surface area (Å²) < 4.78 is 0. The lowest BCUT2D eigenvalue weighted by molar-refractivity contribution is 0.185. The fraction of sp³-hybridized carbons (Fsp3) is 0.182. The number of aromatic amines is 1. The number of carbonyl (C=O) groups is 1. The summed E-state index contributed by atoms with van der Waals surface area (Å²) in [6.07, 6.45) is 1.77. The molecule has 4 aromatic rings. The van der Waals surface area contributed by atoms with Crippen molar-refractivity contribution in [2.75, 3.05) is 5.32 Å². The van der Waals surface area contributed by atoms with Crippen LogP contribution in [0.5, 0.6) is 0 Å². The predicted octanol–water partition coefficient (Wildman–Crippen LogP) is 4.44. The number of pyridine rings is 2. The van der Waals surface area contributed by atoms with Gasteiger partial charge in [0.1, 0.15) is 11.2 Å². The van der Waals surface area contributed by atoms with Crippen molar-refractivity contribution in [1.82, 2.24) is 25.1 Å². The summed E-state index contributed by atoms with van der Waals surface area (Å²) in [5, 5.41) is 10.5. The number of hydrogen-bond donors (Lipinski definition) is 2. The molecule has 1 aliphatic rings. The number of carbonyl (C=O) groups excluding carboxylic acids is 1. The van der Waals surface area contributed by atoms with Gasteiger partial charge in [0.25, 0.3) is 0 Å². The number of aryl methyl sites for hydroxylation is 1. The highest BCUT2D eigenvalue weighted by molar-refractivity contribution is 5.97. The Morgan fingerprint density at radius 3 is 2.76 bits per heavy atom. The normalized spacial score (nSPS) is 14.6. The smallest absolute Gasteiger partial charge is 0.312 e. The van der Waals surface area contributed by atoms with Crippen molar-refractivity contribution < 1.29 is 4.79 Å². The molecular weight excluding hydrogens is 364 g/mol. The van der Waals surface area contributed by atoms with Crippen molar-refractivity contribution in [3.05, 3.63) is 71.7 Å². The fourth-order valence-corrected chi connectivity index (χ4v) is 3.75. The van der Waals surface area contributed by atoms with Crippen LogP contribution >= 0.6 is 0 Å². The molecule has 5 rings (SSSR count). The standard InChI is InChI=1S/C22H20N6O/c1-13-10-16(8-9-23-13)20-21-18(26-27-20)11-17-19(24-21)12-28(22(29)25-17)14(2)15-6-4-3-5-7-15/h3-11,14H,12H2,1-2H3,(H,25,29)(H,26,27)/t14-/m1/s1. The van der Waals surface area contributed by atoms with Crippen LogP contribution in [0.3, 0.4) is 0 Å². The van der Waals surface area contributed by atoms with Gasteiger partial charge in [0.15, 0.2) is 0 Å². The lowest BCUT2D eigenvalue weighted by Crippen LogP contribution is -2.40. The first-order chi connectivity index (χ1) is 14.1.